The lowest BCUT2D eigenvalue weighted by molar-refractivity contribution is -0.139. The van der Waals surface area contributed by atoms with E-state index in [2.05, 4.69) is 9.71 Å². The Hall–Kier alpha value is -1.97. The van der Waals surface area contributed by atoms with Gasteiger partial charge >= 0.3 is 0 Å². The number of carbonyl (C=O) groups excluding carboxylic acids is 1. The Balaban J connectivity index is 1.52. The van der Waals surface area contributed by atoms with E-state index in [9.17, 15) is 13.2 Å². The van der Waals surface area contributed by atoms with Gasteiger partial charge in [0, 0.05) is 24.5 Å². The number of aromatic nitrogens is 1. The minimum atomic E-state index is -3.67. The van der Waals surface area contributed by atoms with Crippen molar-refractivity contribution >= 4 is 27.3 Å². The molecule has 1 aromatic heterocycles. The molecular weight excluding hydrogens is 398 g/mol. The lowest BCUT2D eigenvalue weighted by Crippen LogP contribution is -2.56. The number of hydrogen-bond acceptors (Lipinski definition) is 6. The summed E-state index contributed by atoms with van der Waals surface area (Å²) < 4.78 is 33.8. The molecule has 2 heterocycles. The second-order valence-electron chi connectivity index (χ2n) is 7.07. The monoisotopic (exact) mass is 423 g/mol. The number of nitrogens with one attached hydrogen (secondary N) is 1. The Morgan fingerprint density at radius 3 is 2.46 bits per heavy atom. The fourth-order valence-corrected chi connectivity index (χ4v) is 5.43. The summed E-state index contributed by atoms with van der Waals surface area (Å²) in [4.78, 5) is 18.3. The standard InChI is InChI=1S/C19H25N3O4S2/c1-12-9-13(2)15(4)18(14(12)3)28(24,25)21-6-5-17(23)22-10-16(11-22)26-19-20-7-8-27-19/h7-9,16,21H,5-6,10-11H2,1-4H3. The SMILES string of the molecule is Cc1cc(C)c(C)c(S(=O)(=O)NCCC(=O)N2CC(Oc3nccs3)C2)c1C. The molecule has 0 spiro atoms. The van der Waals surface area contributed by atoms with E-state index in [1.165, 1.54) is 11.3 Å². The number of carbonyl (C=O) groups is 1. The molecule has 9 heteroatoms. The predicted octanol–water partition coefficient (Wildman–Crippen LogP) is 2.33. The fourth-order valence-electron chi connectivity index (χ4n) is 3.23. The van der Waals surface area contributed by atoms with Crippen LogP contribution < -0.4 is 9.46 Å². The lowest BCUT2D eigenvalue weighted by atomic mass is 10.0. The number of aryl methyl sites for hydroxylation is 2. The summed E-state index contributed by atoms with van der Waals surface area (Å²) in [5.74, 6) is -0.0874. The van der Waals surface area contributed by atoms with E-state index in [-0.39, 0.29) is 25.0 Å². The summed E-state index contributed by atoms with van der Waals surface area (Å²) >= 11 is 1.42. The van der Waals surface area contributed by atoms with Crippen molar-refractivity contribution in [1.29, 1.82) is 0 Å². The molecule has 1 saturated heterocycles. The second-order valence-corrected chi connectivity index (χ2v) is 9.63. The highest BCUT2D eigenvalue weighted by molar-refractivity contribution is 7.89. The highest BCUT2D eigenvalue weighted by atomic mass is 32.2. The Morgan fingerprint density at radius 2 is 1.89 bits per heavy atom. The van der Waals surface area contributed by atoms with Gasteiger partial charge in [0.2, 0.25) is 15.9 Å². The van der Waals surface area contributed by atoms with Crippen LogP contribution in [0.4, 0.5) is 0 Å². The second kappa shape index (κ2) is 8.18. The highest BCUT2D eigenvalue weighted by Gasteiger charge is 2.32. The van der Waals surface area contributed by atoms with Crippen LogP contribution in [0, 0.1) is 27.7 Å². The summed E-state index contributed by atoms with van der Waals surface area (Å²) in [5.41, 5.74) is 3.36. The molecule has 0 saturated carbocycles. The molecule has 28 heavy (non-hydrogen) atoms. The third kappa shape index (κ3) is 4.37. The Labute approximate surface area is 169 Å². The largest absolute Gasteiger partial charge is 0.463 e. The van der Waals surface area contributed by atoms with E-state index in [0.29, 0.717) is 23.2 Å². The first kappa shape index (κ1) is 20.8. The van der Waals surface area contributed by atoms with Crippen LogP contribution >= 0.6 is 11.3 Å². The van der Waals surface area contributed by atoms with E-state index in [4.69, 9.17) is 4.74 Å². The van der Waals surface area contributed by atoms with Gasteiger partial charge in [-0.15, -0.1) is 0 Å². The van der Waals surface area contributed by atoms with E-state index >= 15 is 0 Å². The number of amides is 1. The van der Waals surface area contributed by atoms with E-state index in [1.54, 1.807) is 11.1 Å². The van der Waals surface area contributed by atoms with Crippen molar-refractivity contribution in [3.05, 3.63) is 39.9 Å². The number of thiazole rings is 1. The molecule has 7 nitrogen and oxygen atoms in total. The molecule has 1 aliphatic heterocycles. The normalized spacial score (nSPS) is 14.8. The molecule has 1 fully saturated rings. The third-order valence-corrected chi connectivity index (χ3v) is 7.47. The Bertz CT molecular complexity index is 939. The summed E-state index contributed by atoms with van der Waals surface area (Å²) in [6.45, 7) is 8.49. The molecular formula is C19H25N3O4S2. The molecule has 1 aromatic carbocycles. The van der Waals surface area contributed by atoms with Gasteiger partial charge < -0.3 is 9.64 Å². The molecule has 0 bridgehead atoms. The number of ether oxygens (including phenoxy) is 1. The molecule has 0 aliphatic carbocycles. The molecule has 1 aliphatic rings. The number of hydrogen-bond donors (Lipinski definition) is 1. The van der Waals surface area contributed by atoms with Gasteiger partial charge in [-0.05, 0) is 49.9 Å². The first-order chi connectivity index (χ1) is 13.2. The number of nitrogens with zero attached hydrogens (tertiary/aromatic N) is 2. The van der Waals surface area contributed by atoms with Crippen LogP contribution in [0.25, 0.3) is 0 Å². The first-order valence-electron chi connectivity index (χ1n) is 9.10. The van der Waals surface area contributed by atoms with E-state index in [1.807, 2.05) is 39.1 Å². The van der Waals surface area contributed by atoms with Gasteiger partial charge in [-0.3, -0.25) is 4.79 Å². The fraction of sp³-hybridized carbons (Fsp3) is 0.474. The third-order valence-electron chi connectivity index (χ3n) is 5.07. The van der Waals surface area contributed by atoms with Crippen molar-refractivity contribution in [1.82, 2.24) is 14.6 Å². The topological polar surface area (TPSA) is 88.6 Å². The predicted molar refractivity (Wildman–Crippen MR) is 108 cm³/mol. The minimum Gasteiger partial charge on any atom is -0.463 e. The van der Waals surface area contributed by atoms with Gasteiger partial charge in [-0.25, -0.2) is 18.1 Å². The molecule has 1 N–H and O–H groups in total. The van der Waals surface area contributed by atoms with Crippen LogP contribution in [-0.2, 0) is 14.8 Å². The molecule has 2 aromatic rings. The van der Waals surface area contributed by atoms with Crippen molar-refractivity contribution in [2.24, 2.45) is 0 Å². The summed E-state index contributed by atoms with van der Waals surface area (Å²) in [6.07, 6.45) is 1.74. The van der Waals surface area contributed by atoms with Crippen LogP contribution in [0.3, 0.4) is 0 Å². The molecule has 0 unspecified atom stereocenters. The Morgan fingerprint density at radius 1 is 1.25 bits per heavy atom. The van der Waals surface area contributed by atoms with Gasteiger partial charge in [0.15, 0.2) is 0 Å². The van der Waals surface area contributed by atoms with Crippen molar-refractivity contribution < 1.29 is 17.9 Å². The average molecular weight is 424 g/mol. The number of benzene rings is 1. The molecule has 1 amide bonds. The highest BCUT2D eigenvalue weighted by Crippen LogP contribution is 2.26. The zero-order chi connectivity index (χ0) is 20.5. The van der Waals surface area contributed by atoms with Crippen molar-refractivity contribution in [3.63, 3.8) is 0 Å². The maximum absolute atomic E-state index is 12.8. The maximum Gasteiger partial charge on any atom is 0.273 e. The van der Waals surface area contributed by atoms with Gasteiger partial charge in [0.25, 0.3) is 5.19 Å². The molecule has 0 atom stereocenters. The van der Waals surface area contributed by atoms with Gasteiger partial charge in [-0.1, -0.05) is 17.4 Å². The number of sulfonamides is 1. The smallest absolute Gasteiger partial charge is 0.273 e. The van der Waals surface area contributed by atoms with Crippen molar-refractivity contribution in [2.45, 2.75) is 45.1 Å². The van der Waals surface area contributed by atoms with Crippen molar-refractivity contribution in [2.75, 3.05) is 19.6 Å². The Kier molecular flexibility index (Phi) is 6.07. The summed E-state index contributed by atoms with van der Waals surface area (Å²) in [7, 11) is -3.67. The van der Waals surface area contributed by atoms with E-state index < -0.39 is 10.0 Å². The zero-order valence-corrected chi connectivity index (χ0v) is 18.1. The average Bonchev–Trinajstić information content (AvgIpc) is 3.08. The number of likely N-dealkylation sites (tertiary alicyclic amines) is 1. The first-order valence-corrected chi connectivity index (χ1v) is 11.5. The van der Waals surface area contributed by atoms with Crippen LogP contribution in [0.15, 0.2) is 22.5 Å². The van der Waals surface area contributed by atoms with Gasteiger partial charge in [0.1, 0.15) is 6.10 Å². The van der Waals surface area contributed by atoms with Crippen molar-refractivity contribution in [3.8, 4) is 5.19 Å². The van der Waals surface area contributed by atoms with E-state index in [0.717, 1.165) is 22.3 Å². The van der Waals surface area contributed by atoms with Gasteiger partial charge in [0.05, 0.1) is 18.0 Å². The number of rotatable bonds is 7. The summed E-state index contributed by atoms with van der Waals surface area (Å²) in [5, 5.41) is 2.44. The molecule has 3 rings (SSSR count). The maximum atomic E-state index is 12.8. The quantitative estimate of drug-likeness (QED) is 0.738. The van der Waals surface area contributed by atoms with Crippen LogP contribution in [0.2, 0.25) is 0 Å². The summed E-state index contributed by atoms with van der Waals surface area (Å²) in [6, 6.07) is 1.99. The van der Waals surface area contributed by atoms with Crippen LogP contribution in [-0.4, -0.2) is 49.9 Å². The zero-order valence-electron chi connectivity index (χ0n) is 16.5. The van der Waals surface area contributed by atoms with Crippen LogP contribution in [0.1, 0.15) is 28.7 Å². The van der Waals surface area contributed by atoms with Crippen LogP contribution in [0.5, 0.6) is 5.19 Å². The van der Waals surface area contributed by atoms with Gasteiger partial charge in [-0.2, -0.15) is 0 Å². The minimum absolute atomic E-state index is 0.0487. The molecule has 0 radical (unpaired) electrons. The lowest BCUT2D eigenvalue weighted by Gasteiger charge is -2.38. The molecule has 152 valence electrons.